The van der Waals surface area contributed by atoms with Crippen LogP contribution in [0.5, 0.6) is 23.3 Å². The highest BCUT2D eigenvalue weighted by Gasteiger charge is 2.32. The predicted octanol–water partition coefficient (Wildman–Crippen LogP) is 7.49. The number of carbonyl (C=O) groups excluding carboxylic acids is 1. The molecule has 2 fully saturated rings. The van der Waals surface area contributed by atoms with Crippen molar-refractivity contribution in [2.24, 2.45) is 19.8 Å². The van der Waals surface area contributed by atoms with Gasteiger partial charge in [-0.3, -0.25) is 14.2 Å². The van der Waals surface area contributed by atoms with Crippen LogP contribution in [0.2, 0.25) is 0 Å². The van der Waals surface area contributed by atoms with Gasteiger partial charge in [0.25, 0.3) is 0 Å². The van der Waals surface area contributed by atoms with Crippen molar-refractivity contribution in [3.63, 3.8) is 0 Å². The van der Waals surface area contributed by atoms with Crippen LogP contribution in [-0.2, 0) is 36.5 Å². The molecule has 14 heteroatoms. The van der Waals surface area contributed by atoms with Gasteiger partial charge in [0.15, 0.2) is 23.7 Å². The summed E-state index contributed by atoms with van der Waals surface area (Å²) in [6.45, 7) is 3.71. The fourth-order valence-corrected chi connectivity index (χ4v) is 8.70. The van der Waals surface area contributed by atoms with Crippen LogP contribution in [0.4, 0.5) is 0 Å². The average molecular weight is 830 g/mol. The number of carboxylic acid groups (broad SMARTS) is 1. The number of aryl methyl sites for hydroxylation is 6. The minimum absolute atomic E-state index is 0.0489. The molecule has 4 heterocycles. The maximum atomic E-state index is 12.6. The Bertz CT molecular complexity index is 2610. The van der Waals surface area contributed by atoms with Crippen molar-refractivity contribution in [1.82, 2.24) is 29.5 Å². The van der Waals surface area contributed by atoms with Gasteiger partial charge < -0.3 is 29.8 Å². The maximum absolute atomic E-state index is 12.6. The highest BCUT2D eigenvalue weighted by Crippen LogP contribution is 2.44. The van der Waals surface area contributed by atoms with E-state index in [1.807, 2.05) is 43.9 Å². The molecule has 320 valence electrons. The fourth-order valence-electron chi connectivity index (χ4n) is 8.70. The third-order valence-electron chi connectivity index (χ3n) is 12.1. The minimum atomic E-state index is -1.01. The smallest absolute Gasteiger partial charge is 0.341 e. The molecule has 0 amide bonds. The molecule has 4 aliphatic rings. The van der Waals surface area contributed by atoms with Crippen molar-refractivity contribution in [3.8, 4) is 23.3 Å². The lowest BCUT2D eigenvalue weighted by Gasteiger charge is -2.12. The van der Waals surface area contributed by atoms with Gasteiger partial charge in [-0.2, -0.15) is 20.2 Å². The summed E-state index contributed by atoms with van der Waals surface area (Å²) in [4.78, 5) is 32.1. The number of aliphatic carboxylic acids is 1. The van der Waals surface area contributed by atoms with Crippen molar-refractivity contribution in [1.29, 1.82) is 0 Å². The van der Waals surface area contributed by atoms with E-state index < -0.39 is 5.97 Å². The van der Waals surface area contributed by atoms with E-state index in [9.17, 15) is 9.59 Å². The molecule has 0 spiro atoms. The molecule has 10 rings (SSSR count). The van der Waals surface area contributed by atoms with E-state index in [2.05, 4.69) is 51.4 Å². The summed E-state index contributed by atoms with van der Waals surface area (Å²) in [6, 6.07) is 16.2. The first-order chi connectivity index (χ1) is 29.4. The number of ether oxygens (including phenoxy) is 4. The Kier molecular flexibility index (Phi) is 12.0. The molecule has 6 aromatic rings. The number of hydrogen-bond acceptors (Lipinski definition) is 11. The molecule has 4 aromatic heterocycles. The summed E-state index contributed by atoms with van der Waals surface area (Å²) in [6.07, 6.45) is 9.42. The molecule has 2 saturated carbocycles. The largest absolute Gasteiger partial charge is 0.497 e. The van der Waals surface area contributed by atoms with E-state index in [0.29, 0.717) is 30.0 Å². The number of rotatable bonds is 12. The number of nitrogens with zero attached hydrogens (tertiary/aromatic N) is 6. The third-order valence-corrected chi connectivity index (χ3v) is 12.1. The lowest BCUT2D eigenvalue weighted by atomic mass is 9.96. The Morgan fingerprint density at radius 1 is 0.705 bits per heavy atom. The monoisotopic (exact) mass is 829 g/mol. The number of carbonyl (C=O) groups is 2. The van der Waals surface area contributed by atoms with E-state index in [1.54, 1.807) is 25.0 Å². The lowest BCUT2D eigenvalue weighted by Crippen LogP contribution is -2.15. The normalized spacial score (nSPS) is 17.5. The average Bonchev–Trinajstić information content (AvgIpc) is 4.16. The van der Waals surface area contributed by atoms with Gasteiger partial charge in [-0.25, -0.2) is 4.79 Å². The Balaban J connectivity index is 0.000000141. The number of fused-ring (bicyclic) bond motifs is 4. The Morgan fingerprint density at radius 3 is 1.70 bits per heavy atom. The van der Waals surface area contributed by atoms with Crippen LogP contribution in [-0.4, -0.2) is 73.8 Å². The molecular formula is C47H55N7O7. The first-order valence-corrected chi connectivity index (χ1v) is 21.2. The molecule has 14 nitrogen and oxygen atoms in total. The second-order valence-electron chi connectivity index (χ2n) is 16.7. The van der Waals surface area contributed by atoms with Gasteiger partial charge in [0.1, 0.15) is 18.1 Å². The molecule has 0 aliphatic heterocycles. The van der Waals surface area contributed by atoms with Crippen LogP contribution in [0, 0.1) is 13.8 Å². The van der Waals surface area contributed by atoms with Crippen LogP contribution >= 0.6 is 0 Å². The molecule has 0 saturated heterocycles. The van der Waals surface area contributed by atoms with Gasteiger partial charge in [-0.15, -0.1) is 0 Å². The van der Waals surface area contributed by atoms with Gasteiger partial charge in [-0.1, -0.05) is 12.1 Å². The molecule has 4 aliphatic carbocycles. The van der Waals surface area contributed by atoms with Crippen molar-refractivity contribution in [2.45, 2.75) is 95.4 Å². The van der Waals surface area contributed by atoms with Crippen molar-refractivity contribution in [3.05, 3.63) is 93.3 Å². The molecule has 2 aromatic carbocycles. The van der Waals surface area contributed by atoms with Crippen molar-refractivity contribution in [2.75, 3.05) is 27.4 Å². The van der Waals surface area contributed by atoms with Gasteiger partial charge >= 0.3 is 5.97 Å². The first-order valence-electron chi connectivity index (χ1n) is 21.2. The maximum Gasteiger partial charge on any atom is 0.341 e. The van der Waals surface area contributed by atoms with Crippen molar-refractivity contribution < 1.29 is 33.6 Å². The Labute approximate surface area is 355 Å². The molecule has 61 heavy (non-hydrogen) atoms. The molecule has 0 radical (unpaired) electrons. The number of hydrogen-bond donors (Lipinski definition) is 2. The number of Topliss-reactive ketones (excluding diaryl/α,β-unsaturated/α-hetero) is 1. The quantitative estimate of drug-likeness (QED) is 0.124. The zero-order valence-electron chi connectivity index (χ0n) is 35.9. The zero-order chi connectivity index (χ0) is 42.9. The van der Waals surface area contributed by atoms with Gasteiger partial charge in [-0.05, 0) is 129 Å². The first kappa shape index (κ1) is 41.7. The summed E-state index contributed by atoms with van der Waals surface area (Å²) in [7, 11) is 7.14. The molecular weight excluding hydrogens is 775 g/mol. The van der Waals surface area contributed by atoms with E-state index in [4.69, 9.17) is 29.8 Å². The van der Waals surface area contributed by atoms with Gasteiger partial charge in [0.05, 0.1) is 25.6 Å². The number of aromatic nitrogens is 6. The Morgan fingerprint density at radius 2 is 1.20 bits per heavy atom. The van der Waals surface area contributed by atoms with Crippen LogP contribution in [0.1, 0.15) is 114 Å². The fraction of sp³-hybridized carbons (Fsp3) is 0.447. The van der Waals surface area contributed by atoms with Crippen LogP contribution in [0.25, 0.3) is 22.1 Å². The standard InChI is InChI=1S/C24H27N3O3.C13H15N3O3.C10H13NO/c1-14-10-21(25-24-22(14)23(15-4-5-15)26-27(24)2)30-13-18(28)11-16-6-7-17-12-19(29-3)8-9-20(16)17;1-7-5-9(19-6-10(17)18)14-13-11(7)12(8-3-4-8)15-16(13)2;1-12-8-3-4-9-7(6-8)2-5-10(9)11/h8-10,12,15-16H,4-7,11,13H2,1-3H3;5,8H,3-4,6H2,1-2H3,(H,17,18);3-4,6,10H,2,5,11H2,1H3. The second-order valence-corrected chi connectivity index (χ2v) is 16.7. The van der Waals surface area contributed by atoms with Gasteiger partial charge in [0, 0.05) is 61.3 Å². The molecule has 2 atom stereocenters. The number of ketones is 1. The Hall–Kier alpha value is -6.02. The summed E-state index contributed by atoms with van der Waals surface area (Å²) < 4.78 is 25.0. The molecule has 2 unspecified atom stereocenters. The van der Waals surface area contributed by atoms with E-state index >= 15 is 0 Å². The van der Waals surface area contributed by atoms with Crippen LogP contribution in [0.3, 0.4) is 0 Å². The van der Waals surface area contributed by atoms with Crippen molar-refractivity contribution >= 4 is 33.8 Å². The summed E-state index contributed by atoms with van der Waals surface area (Å²) in [5, 5.41) is 20.0. The zero-order valence-corrected chi connectivity index (χ0v) is 35.9. The predicted molar refractivity (Wildman–Crippen MR) is 231 cm³/mol. The summed E-state index contributed by atoms with van der Waals surface area (Å²) in [5.74, 6) is 3.11. The van der Waals surface area contributed by atoms with E-state index in [0.717, 1.165) is 81.8 Å². The number of pyridine rings is 2. The highest BCUT2D eigenvalue weighted by atomic mass is 16.5. The van der Waals surface area contributed by atoms with E-state index in [1.165, 1.54) is 47.9 Å². The van der Waals surface area contributed by atoms with E-state index in [-0.39, 0.29) is 31.0 Å². The van der Waals surface area contributed by atoms with Gasteiger partial charge in [0.2, 0.25) is 11.8 Å². The van der Waals surface area contributed by atoms with Crippen LogP contribution in [0.15, 0.2) is 48.5 Å². The third kappa shape index (κ3) is 9.19. The summed E-state index contributed by atoms with van der Waals surface area (Å²) in [5.41, 5.74) is 17.1. The lowest BCUT2D eigenvalue weighted by molar-refractivity contribution is -0.139. The topological polar surface area (TPSA) is 179 Å². The number of benzene rings is 2. The van der Waals surface area contributed by atoms with Crippen LogP contribution < -0.4 is 24.7 Å². The molecule has 0 bridgehead atoms. The summed E-state index contributed by atoms with van der Waals surface area (Å²) >= 11 is 0. The second kappa shape index (κ2) is 17.5. The minimum Gasteiger partial charge on any atom is -0.497 e. The SMILES string of the molecule is COc1ccc2c(c1)CCC2CC(=O)COc1cc(C)c2c(C3CC3)nn(C)c2n1.COc1ccc2c(c1)CCC2N.Cc1cc(OCC(=O)O)nc2c1c(C1CC1)nn2C. The highest BCUT2D eigenvalue weighted by molar-refractivity contribution is 5.85. The molecule has 3 N–H and O–H groups in total. The number of nitrogens with two attached hydrogens (primary N) is 1. The number of carboxylic acids is 1. The number of methoxy groups -OCH3 is 2.